The fourth-order valence-corrected chi connectivity index (χ4v) is 3.91. The average Bonchev–Trinajstić information content (AvgIpc) is 3.36. The van der Waals surface area contributed by atoms with Crippen LogP contribution in [-0.4, -0.2) is 60.3 Å². The minimum absolute atomic E-state index is 0.0624. The molecule has 4 rings (SSSR count). The van der Waals surface area contributed by atoms with Gasteiger partial charge in [-0.3, -0.25) is 14.4 Å². The molecule has 2 atom stereocenters. The Labute approximate surface area is 168 Å². The van der Waals surface area contributed by atoms with Gasteiger partial charge in [-0.2, -0.15) is 0 Å². The van der Waals surface area contributed by atoms with Crippen LogP contribution in [0.15, 0.2) is 47.1 Å². The number of carbonyl (C=O) groups is 3. The van der Waals surface area contributed by atoms with Gasteiger partial charge in [-0.25, -0.2) is 0 Å². The van der Waals surface area contributed by atoms with E-state index in [1.165, 1.54) is 6.26 Å². The van der Waals surface area contributed by atoms with Gasteiger partial charge in [-0.15, -0.1) is 0 Å². The zero-order valence-corrected chi connectivity index (χ0v) is 16.2. The van der Waals surface area contributed by atoms with E-state index in [-0.39, 0.29) is 36.1 Å². The standard InChI is InChI=1S/C21H23N3O5/c1-23-17-12-24(9-8-14(17)11-19(23)25)20(26)13-29-16-6-4-15(5-7-16)22-21(27)18-3-2-10-28-18/h2-7,10,14,17H,8-9,11-13H2,1H3,(H,22,27)/t14-,17-/m1/s1. The highest BCUT2D eigenvalue weighted by atomic mass is 16.5. The summed E-state index contributed by atoms with van der Waals surface area (Å²) in [5.74, 6) is 0.849. The lowest BCUT2D eigenvalue weighted by atomic mass is 9.92. The maximum Gasteiger partial charge on any atom is 0.291 e. The molecule has 2 aliphatic heterocycles. The van der Waals surface area contributed by atoms with Crippen LogP contribution in [0.25, 0.3) is 0 Å². The Hall–Kier alpha value is -3.29. The summed E-state index contributed by atoms with van der Waals surface area (Å²) in [5, 5.41) is 2.72. The zero-order valence-electron chi connectivity index (χ0n) is 16.2. The van der Waals surface area contributed by atoms with E-state index in [9.17, 15) is 14.4 Å². The second kappa shape index (κ2) is 7.98. The summed E-state index contributed by atoms with van der Waals surface area (Å²) in [4.78, 5) is 39.9. The minimum atomic E-state index is -0.336. The fraction of sp³-hybridized carbons (Fsp3) is 0.381. The Morgan fingerprint density at radius 3 is 2.76 bits per heavy atom. The highest BCUT2D eigenvalue weighted by Crippen LogP contribution is 2.31. The highest BCUT2D eigenvalue weighted by molar-refractivity contribution is 6.02. The Kier molecular flexibility index (Phi) is 5.24. The van der Waals surface area contributed by atoms with Gasteiger partial charge in [-0.1, -0.05) is 0 Å². The van der Waals surface area contributed by atoms with Crippen molar-refractivity contribution in [1.82, 2.24) is 9.80 Å². The van der Waals surface area contributed by atoms with E-state index in [0.717, 1.165) is 6.42 Å². The molecule has 3 heterocycles. The van der Waals surface area contributed by atoms with Crippen molar-refractivity contribution >= 4 is 23.4 Å². The SMILES string of the molecule is CN1C(=O)C[C@H]2CCN(C(=O)COc3ccc(NC(=O)c4ccco4)cc3)C[C@H]21. The zero-order chi connectivity index (χ0) is 20.4. The quantitative estimate of drug-likeness (QED) is 0.833. The molecule has 2 saturated heterocycles. The summed E-state index contributed by atoms with van der Waals surface area (Å²) < 4.78 is 10.7. The normalized spacial score (nSPS) is 21.1. The van der Waals surface area contributed by atoms with Gasteiger partial charge in [0.05, 0.1) is 12.3 Å². The van der Waals surface area contributed by atoms with Gasteiger partial charge in [-0.05, 0) is 48.7 Å². The van der Waals surface area contributed by atoms with Crippen LogP contribution in [0, 0.1) is 5.92 Å². The van der Waals surface area contributed by atoms with Gasteiger partial charge in [0.2, 0.25) is 5.91 Å². The van der Waals surface area contributed by atoms with Crippen LogP contribution in [-0.2, 0) is 9.59 Å². The van der Waals surface area contributed by atoms with Gasteiger partial charge in [0.25, 0.3) is 11.8 Å². The van der Waals surface area contributed by atoms with E-state index >= 15 is 0 Å². The lowest BCUT2D eigenvalue weighted by molar-refractivity contribution is -0.137. The van der Waals surface area contributed by atoms with Gasteiger partial charge in [0.1, 0.15) is 5.75 Å². The van der Waals surface area contributed by atoms with Crippen molar-refractivity contribution in [2.45, 2.75) is 18.9 Å². The monoisotopic (exact) mass is 397 g/mol. The van der Waals surface area contributed by atoms with Crippen molar-refractivity contribution in [3.8, 4) is 5.75 Å². The lowest BCUT2D eigenvalue weighted by Gasteiger charge is -2.37. The molecule has 2 aromatic rings. The number of amides is 3. The molecule has 8 nitrogen and oxygen atoms in total. The first kappa shape index (κ1) is 19.0. The first-order chi connectivity index (χ1) is 14.0. The van der Waals surface area contributed by atoms with Crippen molar-refractivity contribution in [2.24, 2.45) is 5.92 Å². The minimum Gasteiger partial charge on any atom is -0.484 e. The van der Waals surface area contributed by atoms with E-state index in [1.54, 1.807) is 46.2 Å². The van der Waals surface area contributed by atoms with Gasteiger partial charge in [0, 0.05) is 32.2 Å². The van der Waals surface area contributed by atoms with E-state index in [2.05, 4.69) is 5.32 Å². The Morgan fingerprint density at radius 1 is 1.24 bits per heavy atom. The van der Waals surface area contributed by atoms with Crippen LogP contribution in [0.4, 0.5) is 5.69 Å². The molecule has 1 N–H and O–H groups in total. The number of nitrogens with one attached hydrogen (secondary N) is 1. The molecule has 8 heteroatoms. The third kappa shape index (κ3) is 4.11. The third-order valence-corrected chi connectivity index (χ3v) is 5.62. The molecule has 152 valence electrons. The second-order valence-corrected chi connectivity index (χ2v) is 7.41. The summed E-state index contributed by atoms with van der Waals surface area (Å²) in [6.45, 7) is 1.15. The summed E-state index contributed by atoms with van der Waals surface area (Å²) >= 11 is 0. The summed E-state index contributed by atoms with van der Waals surface area (Å²) in [5.41, 5.74) is 0.598. The number of likely N-dealkylation sites (tertiary alicyclic amines) is 2. The Balaban J connectivity index is 1.27. The molecule has 0 bridgehead atoms. The molecule has 1 aromatic carbocycles. The largest absolute Gasteiger partial charge is 0.484 e. The molecule has 0 aliphatic carbocycles. The van der Waals surface area contributed by atoms with Gasteiger partial charge in [0.15, 0.2) is 12.4 Å². The number of nitrogens with zero attached hydrogens (tertiary/aromatic N) is 2. The van der Waals surface area contributed by atoms with E-state index < -0.39 is 0 Å². The Morgan fingerprint density at radius 2 is 2.03 bits per heavy atom. The molecular weight excluding hydrogens is 374 g/mol. The number of hydrogen-bond donors (Lipinski definition) is 1. The third-order valence-electron chi connectivity index (χ3n) is 5.62. The fourth-order valence-electron chi connectivity index (χ4n) is 3.91. The smallest absolute Gasteiger partial charge is 0.291 e. The number of fused-ring (bicyclic) bond motifs is 1. The maximum atomic E-state index is 12.5. The summed E-state index contributed by atoms with van der Waals surface area (Å²) in [7, 11) is 1.81. The van der Waals surface area contributed by atoms with Crippen LogP contribution in [0.5, 0.6) is 5.75 Å². The number of furan rings is 1. The molecule has 29 heavy (non-hydrogen) atoms. The number of likely N-dealkylation sites (N-methyl/N-ethyl adjacent to an activating group) is 1. The lowest BCUT2D eigenvalue weighted by Crippen LogP contribution is -2.50. The van der Waals surface area contributed by atoms with Crippen molar-refractivity contribution in [2.75, 3.05) is 32.1 Å². The van der Waals surface area contributed by atoms with E-state index in [4.69, 9.17) is 9.15 Å². The van der Waals surface area contributed by atoms with E-state index in [0.29, 0.717) is 36.9 Å². The molecule has 3 amide bonds. The van der Waals surface area contributed by atoms with E-state index in [1.807, 2.05) is 7.05 Å². The summed E-state index contributed by atoms with van der Waals surface area (Å²) in [6.07, 6.45) is 2.87. The number of piperidine rings is 1. The topological polar surface area (TPSA) is 92.1 Å². The Bertz CT molecular complexity index is 894. The number of ether oxygens (including phenoxy) is 1. The molecule has 1 aromatic heterocycles. The molecule has 0 radical (unpaired) electrons. The molecule has 2 fully saturated rings. The number of rotatable bonds is 5. The van der Waals surface area contributed by atoms with Crippen molar-refractivity contribution in [3.05, 3.63) is 48.4 Å². The molecule has 0 spiro atoms. The molecule has 2 aliphatic rings. The first-order valence-electron chi connectivity index (χ1n) is 9.62. The predicted molar refractivity (Wildman–Crippen MR) is 104 cm³/mol. The number of benzene rings is 1. The number of anilines is 1. The second-order valence-electron chi connectivity index (χ2n) is 7.41. The van der Waals surface area contributed by atoms with Crippen molar-refractivity contribution in [1.29, 1.82) is 0 Å². The summed E-state index contributed by atoms with van der Waals surface area (Å²) in [6, 6.07) is 10.1. The van der Waals surface area contributed by atoms with Crippen LogP contribution < -0.4 is 10.1 Å². The van der Waals surface area contributed by atoms with Crippen LogP contribution in [0.3, 0.4) is 0 Å². The van der Waals surface area contributed by atoms with Crippen LogP contribution in [0.2, 0.25) is 0 Å². The number of carbonyl (C=O) groups excluding carboxylic acids is 3. The van der Waals surface area contributed by atoms with Crippen molar-refractivity contribution in [3.63, 3.8) is 0 Å². The maximum absolute atomic E-state index is 12.5. The number of hydrogen-bond acceptors (Lipinski definition) is 5. The van der Waals surface area contributed by atoms with Crippen LogP contribution in [0.1, 0.15) is 23.4 Å². The molecule has 0 saturated carbocycles. The van der Waals surface area contributed by atoms with Gasteiger partial charge >= 0.3 is 0 Å². The van der Waals surface area contributed by atoms with Crippen molar-refractivity contribution < 1.29 is 23.5 Å². The molecular formula is C21H23N3O5. The van der Waals surface area contributed by atoms with Crippen LogP contribution >= 0.6 is 0 Å². The predicted octanol–water partition coefficient (Wildman–Crippen LogP) is 1.99. The average molecular weight is 397 g/mol. The highest BCUT2D eigenvalue weighted by Gasteiger charge is 2.41. The van der Waals surface area contributed by atoms with Gasteiger partial charge < -0.3 is 24.3 Å². The first-order valence-corrected chi connectivity index (χ1v) is 9.62. The molecule has 0 unspecified atom stereocenters.